The van der Waals surface area contributed by atoms with Gasteiger partial charge >= 0.3 is 5.97 Å². The summed E-state index contributed by atoms with van der Waals surface area (Å²) in [5.74, 6) is -2.03. The van der Waals surface area contributed by atoms with E-state index in [2.05, 4.69) is 0 Å². The number of anilines is 1. The summed E-state index contributed by atoms with van der Waals surface area (Å²) in [5, 5.41) is 8.59. The predicted octanol–water partition coefficient (Wildman–Crippen LogP) is 0.981. The first kappa shape index (κ1) is 14.1. The van der Waals surface area contributed by atoms with Gasteiger partial charge in [-0.2, -0.15) is 0 Å². The molecule has 6 heteroatoms. The summed E-state index contributed by atoms with van der Waals surface area (Å²) in [6.45, 7) is 2.06. The van der Waals surface area contributed by atoms with Crippen LogP contribution in [0.1, 0.15) is 13.3 Å². The van der Waals surface area contributed by atoms with Gasteiger partial charge in [0.15, 0.2) is 0 Å². The fraction of sp³-hybridized carbons (Fsp3) is 0.333. The summed E-state index contributed by atoms with van der Waals surface area (Å²) in [6.07, 6.45) is -0.434. The Labute approximate surface area is 104 Å². The number of hydrogen-bond acceptors (Lipinski definition) is 3. The number of carbonyl (C=O) groups excluding carboxylic acids is 1. The van der Waals surface area contributed by atoms with Crippen LogP contribution in [0, 0.1) is 5.82 Å². The summed E-state index contributed by atoms with van der Waals surface area (Å²) in [4.78, 5) is 23.8. The van der Waals surface area contributed by atoms with E-state index in [-0.39, 0.29) is 0 Å². The average molecular weight is 254 g/mol. The van der Waals surface area contributed by atoms with Crippen LogP contribution in [0.4, 0.5) is 10.1 Å². The molecule has 1 amide bonds. The first-order valence-electron chi connectivity index (χ1n) is 5.50. The minimum absolute atomic E-state index is 0.331. The lowest BCUT2D eigenvalue weighted by molar-refractivity contribution is -0.139. The highest BCUT2D eigenvalue weighted by molar-refractivity contribution is 5.98. The summed E-state index contributed by atoms with van der Waals surface area (Å²) >= 11 is 0. The van der Waals surface area contributed by atoms with Gasteiger partial charge in [-0.05, 0) is 31.2 Å². The number of halogens is 1. The fourth-order valence-electron chi connectivity index (χ4n) is 1.56. The van der Waals surface area contributed by atoms with Crippen LogP contribution in [0.15, 0.2) is 24.3 Å². The number of nitrogens with two attached hydrogens (primary N) is 1. The number of benzene rings is 1. The van der Waals surface area contributed by atoms with Crippen LogP contribution in [0.2, 0.25) is 0 Å². The fourth-order valence-corrected chi connectivity index (χ4v) is 1.56. The topological polar surface area (TPSA) is 83.6 Å². The third-order valence-electron chi connectivity index (χ3n) is 2.43. The molecule has 1 rings (SSSR count). The van der Waals surface area contributed by atoms with Crippen LogP contribution < -0.4 is 10.6 Å². The van der Waals surface area contributed by atoms with Gasteiger partial charge in [-0.3, -0.25) is 9.59 Å². The molecule has 0 saturated heterocycles. The van der Waals surface area contributed by atoms with E-state index in [4.69, 9.17) is 10.8 Å². The van der Waals surface area contributed by atoms with E-state index in [0.29, 0.717) is 12.2 Å². The third-order valence-corrected chi connectivity index (χ3v) is 2.43. The molecule has 18 heavy (non-hydrogen) atoms. The monoisotopic (exact) mass is 254 g/mol. The Balaban J connectivity index is 2.86. The van der Waals surface area contributed by atoms with Crippen molar-refractivity contribution in [1.29, 1.82) is 0 Å². The minimum Gasteiger partial charge on any atom is -0.481 e. The molecule has 0 bridgehead atoms. The van der Waals surface area contributed by atoms with Crippen LogP contribution in [-0.2, 0) is 9.59 Å². The maximum Gasteiger partial charge on any atom is 0.305 e. The van der Waals surface area contributed by atoms with Gasteiger partial charge in [0.1, 0.15) is 5.82 Å². The zero-order chi connectivity index (χ0) is 13.7. The molecule has 1 atom stereocenters. The van der Waals surface area contributed by atoms with Gasteiger partial charge in [0.25, 0.3) is 0 Å². The smallest absolute Gasteiger partial charge is 0.305 e. The summed E-state index contributed by atoms with van der Waals surface area (Å²) in [7, 11) is 0. The number of carboxylic acids is 1. The number of amides is 1. The highest BCUT2D eigenvalue weighted by Gasteiger charge is 2.23. The zero-order valence-electron chi connectivity index (χ0n) is 9.97. The third kappa shape index (κ3) is 3.53. The number of carbonyl (C=O) groups is 2. The second-order valence-electron chi connectivity index (χ2n) is 3.76. The zero-order valence-corrected chi connectivity index (χ0v) is 9.97. The first-order valence-corrected chi connectivity index (χ1v) is 5.50. The number of rotatable bonds is 5. The largest absolute Gasteiger partial charge is 0.481 e. The second-order valence-corrected chi connectivity index (χ2v) is 3.76. The Kier molecular flexibility index (Phi) is 4.79. The van der Waals surface area contributed by atoms with E-state index in [9.17, 15) is 14.0 Å². The quantitative estimate of drug-likeness (QED) is 0.820. The number of nitrogens with zero attached hydrogens (tertiary/aromatic N) is 1. The number of hydrogen-bond donors (Lipinski definition) is 2. The molecule has 0 heterocycles. The van der Waals surface area contributed by atoms with E-state index in [0.717, 1.165) is 0 Å². The first-order chi connectivity index (χ1) is 8.45. The van der Waals surface area contributed by atoms with E-state index in [1.165, 1.54) is 29.2 Å². The van der Waals surface area contributed by atoms with Crippen molar-refractivity contribution in [2.45, 2.75) is 19.4 Å². The maximum absolute atomic E-state index is 12.8. The van der Waals surface area contributed by atoms with Crippen molar-refractivity contribution < 1.29 is 19.1 Å². The summed E-state index contributed by atoms with van der Waals surface area (Å²) < 4.78 is 12.8. The van der Waals surface area contributed by atoms with Gasteiger partial charge in [-0.15, -0.1) is 0 Å². The van der Waals surface area contributed by atoms with Crippen molar-refractivity contribution in [3.8, 4) is 0 Å². The Bertz CT molecular complexity index is 433. The molecule has 1 unspecified atom stereocenters. The lowest BCUT2D eigenvalue weighted by atomic mass is 10.1. The molecule has 98 valence electrons. The molecule has 0 aromatic heterocycles. The molecule has 0 aliphatic carbocycles. The number of likely N-dealkylation sites (N-methyl/N-ethyl adjacent to an activating group) is 1. The van der Waals surface area contributed by atoms with Crippen LogP contribution in [0.5, 0.6) is 0 Å². The molecular weight excluding hydrogens is 239 g/mol. The lowest BCUT2D eigenvalue weighted by Crippen LogP contribution is -2.45. The Morgan fingerprint density at radius 3 is 2.39 bits per heavy atom. The molecule has 1 aromatic carbocycles. The van der Waals surface area contributed by atoms with Crippen LogP contribution in [0.3, 0.4) is 0 Å². The van der Waals surface area contributed by atoms with Gasteiger partial charge in [0, 0.05) is 12.2 Å². The van der Waals surface area contributed by atoms with Crippen molar-refractivity contribution in [2.24, 2.45) is 5.73 Å². The van der Waals surface area contributed by atoms with E-state index < -0.39 is 30.2 Å². The van der Waals surface area contributed by atoms with Crippen molar-refractivity contribution in [2.75, 3.05) is 11.4 Å². The van der Waals surface area contributed by atoms with Crippen molar-refractivity contribution in [3.05, 3.63) is 30.1 Å². The van der Waals surface area contributed by atoms with E-state index in [1.54, 1.807) is 6.92 Å². The molecule has 3 N–H and O–H groups in total. The second kappa shape index (κ2) is 6.11. The van der Waals surface area contributed by atoms with Crippen LogP contribution >= 0.6 is 0 Å². The van der Waals surface area contributed by atoms with Gasteiger partial charge in [-0.25, -0.2) is 4.39 Å². The van der Waals surface area contributed by atoms with Gasteiger partial charge in [0.2, 0.25) is 5.91 Å². The van der Waals surface area contributed by atoms with Gasteiger partial charge in [-0.1, -0.05) is 0 Å². The predicted molar refractivity (Wildman–Crippen MR) is 64.7 cm³/mol. The SMILES string of the molecule is CCN(C(=O)C(N)CC(=O)O)c1ccc(F)cc1. The molecule has 0 saturated carbocycles. The van der Waals surface area contributed by atoms with Crippen molar-refractivity contribution in [1.82, 2.24) is 0 Å². The normalized spacial score (nSPS) is 11.9. The van der Waals surface area contributed by atoms with Crippen molar-refractivity contribution >= 4 is 17.6 Å². The average Bonchev–Trinajstić information content (AvgIpc) is 2.31. The molecule has 1 aromatic rings. The molecule has 0 aliphatic rings. The van der Waals surface area contributed by atoms with Crippen molar-refractivity contribution in [3.63, 3.8) is 0 Å². The molecular formula is C12H15FN2O3. The molecule has 0 spiro atoms. The van der Waals surface area contributed by atoms with Crippen LogP contribution in [-0.4, -0.2) is 29.6 Å². The molecule has 0 radical (unpaired) electrons. The Morgan fingerprint density at radius 1 is 1.39 bits per heavy atom. The standard InChI is InChI=1S/C12H15FN2O3/c1-2-15(9-5-3-8(13)4-6-9)12(18)10(14)7-11(16)17/h3-6,10H,2,7,14H2,1H3,(H,16,17). The highest BCUT2D eigenvalue weighted by Crippen LogP contribution is 2.15. The summed E-state index contributed by atoms with van der Waals surface area (Å²) in [5.41, 5.74) is 6.01. The molecule has 0 fully saturated rings. The van der Waals surface area contributed by atoms with E-state index in [1.807, 2.05) is 0 Å². The maximum atomic E-state index is 12.8. The molecule has 5 nitrogen and oxygen atoms in total. The highest BCUT2D eigenvalue weighted by atomic mass is 19.1. The minimum atomic E-state index is -1.13. The molecule has 0 aliphatic heterocycles. The van der Waals surface area contributed by atoms with Crippen LogP contribution in [0.25, 0.3) is 0 Å². The Hall–Kier alpha value is -1.95. The number of carboxylic acid groups (broad SMARTS) is 1. The van der Waals surface area contributed by atoms with Gasteiger partial charge < -0.3 is 15.7 Å². The van der Waals surface area contributed by atoms with Gasteiger partial charge in [0.05, 0.1) is 12.5 Å². The Morgan fingerprint density at radius 2 is 1.94 bits per heavy atom. The lowest BCUT2D eigenvalue weighted by Gasteiger charge is -2.23. The summed E-state index contributed by atoms with van der Waals surface area (Å²) in [6, 6.07) is 4.25. The number of aliphatic carboxylic acids is 1. The van der Waals surface area contributed by atoms with E-state index >= 15 is 0 Å².